The minimum Gasteiger partial charge on any atom is -0.371 e. The van der Waals surface area contributed by atoms with E-state index in [4.69, 9.17) is 4.74 Å². The molecule has 5 heteroatoms. The Bertz CT molecular complexity index is 309. The van der Waals surface area contributed by atoms with Gasteiger partial charge < -0.3 is 9.53 Å². The average Bonchev–Trinajstić information content (AvgIpc) is 2.15. The Morgan fingerprint density at radius 3 is 2.57 bits per heavy atom. The van der Waals surface area contributed by atoms with Crippen LogP contribution in [0.25, 0.3) is 0 Å². The second-order valence-corrected chi connectivity index (χ2v) is 6.19. The highest BCUT2D eigenvalue weighted by Gasteiger charge is 2.39. The van der Waals surface area contributed by atoms with Crippen LogP contribution in [-0.4, -0.2) is 38.9 Å². The van der Waals surface area contributed by atoms with Crippen molar-refractivity contribution in [3.63, 3.8) is 0 Å². The lowest BCUT2D eigenvalue weighted by Crippen LogP contribution is -2.44. The van der Waals surface area contributed by atoms with E-state index in [0.717, 1.165) is 6.42 Å². The zero-order valence-corrected chi connectivity index (χ0v) is 9.34. The van der Waals surface area contributed by atoms with Gasteiger partial charge in [0.1, 0.15) is 5.60 Å². The molecule has 0 aromatic heterocycles. The van der Waals surface area contributed by atoms with Gasteiger partial charge in [0.2, 0.25) is 0 Å². The third-order valence-corrected chi connectivity index (χ3v) is 4.77. The highest BCUT2D eigenvalue weighted by molar-refractivity contribution is 7.91. The first-order chi connectivity index (χ1) is 6.43. The van der Waals surface area contributed by atoms with Gasteiger partial charge in [-0.05, 0) is 19.8 Å². The van der Waals surface area contributed by atoms with Crippen molar-refractivity contribution in [2.45, 2.75) is 25.4 Å². The lowest BCUT2D eigenvalue weighted by molar-refractivity contribution is -0.131. The zero-order valence-electron chi connectivity index (χ0n) is 8.52. The monoisotopic (exact) mass is 220 g/mol. The zero-order chi connectivity index (χ0) is 10.8. The van der Waals surface area contributed by atoms with Crippen molar-refractivity contribution in [3.05, 3.63) is 0 Å². The van der Waals surface area contributed by atoms with Gasteiger partial charge >= 0.3 is 0 Å². The molecule has 1 heterocycles. The number of ether oxygens (including phenoxy) is 1. The number of aldehydes is 1. The molecule has 0 amide bonds. The van der Waals surface area contributed by atoms with E-state index in [1.165, 1.54) is 7.11 Å². The third kappa shape index (κ3) is 2.33. The number of sulfone groups is 1. The second kappa shape index (κ2) is 3.98. The second-order valence-electron chi connectivity index (χ2n) is 3.96. The Balaban J connectivity index is 2.83. The molecule has 0 spiro atoms. The largest absolute Gasteiger partial charge is 0.371 e. The summed E-state index contributed by atoms with van der Waals surface area (Å²) in [5.41, 5.74) is -0.951. The number of carbonyl (C=O) groups excluding carboxylic acids is 1. The Morgan fingerprint density at radius 1 is 1.50 bits per heavy atom. The highest BCUT2D eigenvalue weighted by Crippen LogP contribution is 2.29. The molecule has 0 aliphatic carbocycles. The van der Waals surface area contributed by atoms with Gasteiger partial charge in [0.05, 0.1) is 11.5 Å². The van der Waals surface area contributed by atoms with Crippen molar-refractivity contribution in [1.82, 2.24) is 0 Å². The molecule has 2 unspecified atom stereocenters. The quantitative estimate of drug-likeness (QED) is 0.646. The van der Waals surface area contributed by atoms with Gasteiger partial charge in [-0.2, -0.15) is 0 Å². The van der Waals surface area contributed by atoms with Gasteiger partial charge in [-0.3, -0.25) is 0 Å². The first-order valence-electron chi connectivity index (χ1n) is 4.65. The molecule has 0 saturated carbocycles. The summed E-state index contributed by atoms with van der Waals surface area (Å²) in [6, 6.07) is 0. The Hall–Kier alpha value is -0.420. The summed E-state index contributed by atoms with van der Waals surface area (Å²) in [5.74, 6) is 0.0989. The first kappa shape index (κ1) is 11.7. The fourth-order valence-corrected chi connectivity index (χ4v) is 3.67. The number of hydrogen-bond donors (Lipinski definition) is 0. The summed E-state index contributed by atoms with van der Waals surface area (Å²) < 4.78 is 27.8. The standard InChI is InChI=1S/C9H16O4S/c1-9(7-10,13-2)8-4-3-5-14(11,12)6-8/h7-8H,3-6H2,1-2H3. The molecule has 1 aliphatic rings. The van der Waals surface area contributed by atoms with Crippen LogP contribution < -0.4 is 0 Å². The SMILES string of the molecule is COC(C)(C=O)C1CCCS(=O)(=O)C1. The van der Waals surface area contributed by atoms with E-state index in [-0.39, 0.29) is 17.4 Å². The van der Waals surface area contributed by atoms with Crippen LogP contribution in [0.5, 0.6) is 0 Å². The van der Waals surface area contributed by atoms with Gasteiger partial charge in [-0.25, -0.2) is 8.42 Å². The minimum absolute atomic E-state index is 0.0656. The highest BCUT2D eigenvalue weighted by atomic mass is 32.2. The smallest absolute Gasteiger partial charge is 0.151 e. The van der Waals surface area contributed by atoms with E-state index < -0.39 is 15.4 Å². The van der Waals surface area contributed by atoms with Crippen molar-refractivity contribution in [2.75, 3.05) is 18.6 Å². The van der Waals surface area contributed by atoms with Crippen LogP contribution >= 0.6 is 0 Å². The summed E-state index contributed by atoms with van der Waals surface area (Å²) in [4.78, 5) is 10.8. The van der Waals surface area contributed by atoms with E-state index in [9.17, 15) is 13.2 Å². The van der Waals surface area contributed by atoms with Crippen molar-refractivity contribution in [3.8, 4) is 0 Å². The molecule has 0 N–H and O–H groups in total. The van der Waals surface area contributed by atoms with Crippen molar-refractivity contribution >= 4 is 16.1 Å². The molecule has 1 saturated heterocycles. The topological polar surface area (TPSA) is 60.4 Å². The maximum absolute atomic E-state index is 11.4. The van der Waals surface area contributed by atoms with Crippen LogP contribution in [0.1, 0.15) is 19.8 Å². The number of hydrogen-bond acceptors (Lipinski definition) is 4. The summed E-state index contributed by atoms with van der Waals surface area (Å²) in [7, 11) is -1.53. The third-order valence-electron chi connectivity index (χ3n) is 2.95. The van der Waals surface area contributed by atoms with Crippen molar-refractivity contribution in [2.24, 2.45) is 5.92 Å². The maximum atomic E-state index is 11.4. The summed E-state index contributed by atoms with van der Waals surface area (Å²) in [6.45, 7) is 1.64. The van der Waals surface area contributed by atoms with E-state index in [1.54, 1.807) is 6.92 Å². The van der Waals surface area contributed by atoms with Crippen LogP contribution in [0.3, 0.4) is 0 Å². The van der Waals surface area contributed by atoms with Crippen LogP contribution in [0.4, 0.5) is 0 Å². The molecule has 0 aromatic rings. The maximum Gasteiger partial charge on any atom is 0.151 e. The molecule has 1 fully saturated rings. The molecule has 0 bridgehead atoms. The van der Waals surface area contributed by atoms with Gasteiger partial charge in [0, 0.05) is 13.0 Å². The fraction of sp³-hybridized carbons (Fsp3) is 0.889. The number of rotatable bonds is 3. The molecule has 0 radical (unpaired) electrons. The Kier molecular flexibility index (Phi) is 3.32. The van der Waals surface area contributed by atoms with Crippen LogP contribution in [0.15, 0.2) is 0 Å². The summed E-state index contributed by atoms with van der Waals surface area (Å²) in [6.07, 6.45) is 2.07. The fourth-order valence-electron chi connectivity index (χ4n) is 1.79. The molecular weight excluding hydrogens is 204 g/mol. The van der Waals surface area contributed by atoms with Crippen LogP contribution in [0.2, 0.25) is 0 Å². The lowest BCUT2D eigenvalue weighted by atomic mass is 9.88. The number of methoxy groups -OCH3 is 1. The molecule has 14 heavy (non-hydrogen) atoms. The predicted molar refractivity (Wildman–Crippen MR) is 52.9 cm³/mol. The Morgan fingerprint density at radius 2 is 2.14 bits per heavy atom. The molecular formula is C9H16O4S. The van der Waals surface area contributed by atoms with E-state index in [1.807, 2.05) is 0 Å². The number of carbonyl (C=O) groups is 1. The molecule has 4 nitrogen and oxygen atoms in total. The van der Waals surface area contributed by atoms with E-state index >= 15 is 0 Å². The normalized spacial score (nSPS) is 30.6. The molecule has 0 aromatic carbocycles. The van der Waals surface area contributed by atoms with Gasteiger partial charge in [0.15, 0.2) is 16.1 Å². The van der Waals surface area contributed by atoms with Crippen LogP contribution in [-0.2, 0) is 19.4 Å². The lowest BCUT2D eigenvalue weighted by Gasteiger charge is -2.33. The first-order valence-corrected chi connectivity index (χ1v) is 6.47. The van der Waals surface area contributed by atoms with E-state index in [2.05, 4.69) is 0 Å². The molecule has 1 aliphatic heterocycles. The van der Waals surface area contributed by atoms with Gasteiger partial charge in [-0.15, -0.1) is 0 Å². The minimum atomic E-state index is -2.97. The molecule has 2 atom stereocenters. The van der Waals surface area contributed by atoms with Gasteiger partial charge in [0.25, 0.3) is 0 Å². The predicted octanol–water partition coefficient (Wildman–Crippen LogP) is 0.415. The Labute approximate surface area is 84.6 Å². The average molecular weight is 220 g/mol. The molecule has 82 valence electrons. The summed E-state index contributed by atoms with van der Waals surface area (Å²) in [5, 5.41) is 0. The summed E-state index contributed by atoms with van der Waals surface area (Å²) >= 11 is 0. The van der Waals surface area contributed by atoms with Crippen molar-refractivity contribution in [1.29, 1.82) is 0 Å². The van der Waals surface area contributed by atoms with E-state index in [0.29, 0.717) is 12.7 Å². The van der Waals surface area contributed by atoms with Crippen LogP contribution in [0, 0.1) is 5.92 Å². The van der Waals surface area contributed by atoms with Crippen molar-refractivity contribution < 1.29 is 17.9 Å². The molecule has 1 rings (SSSR count). The van der Waals surface area contributed by atoms with Gasteiger partial charge in [-0.1, -0.05) is 0 Å².